The fraction of sp³-hybridized carbons (Fsp3) is 0.444. The number of carboxylic acids is 1. The van der Waals surface area contributed by atoms with Crippen molar-refractivity contribution in [2.24, 2.45) is 5.92 Å². The molecule has 0 aliphatic carbocycles. The number of aliphatic carboxylic acids is 1. The zero-order chi connectivity index (χ0) is 10.8. The maximum Gasteiger partial charge on any atom is 0.310 e. The predicted octanol–water partition coefficient (Wildman–Crippen LogP) is 0.719. The van der Waals surface area contributed by atoms with Crippen molar-refractivity contribution in [1.82, 2.24) is 9.97 Å². The first-order valence-electron chi connectivity index (χ1n) is 4.54. The molecule has 80 valence electrons. The molecule has 0 spiro atoms. The standard InChI is InChI=1S/C9H11N3O2S/c1-15-8-2-7(10-5-11-8)12-3-6(4-12)9(13)14/h2,5-6H,3-4H2,1H3,(H,13,14). The van der Waals surface area contributed by atoms with E-state index in [2.05, 4.69) is 9.97 Å². The molecule has 0 bridgehead atoms. The van der Waals surface area contributed by atoms with E-state index < -0.39 is 5.97 Å². The summed E-state index contributed by atoms with van der Waals surface area (Å²) in [5.74, 6) is -0.171. The molecule has 0 saturated carbocycles. The van der Waals surface area contributed by atoms with Crippen LogP contribution in [0, 0.1) is 5.92 Å². The Morgan fingerprint density at radius 2 is 2.33 bits per heavy atom. The monoisotopic (exact) mass is 225 g/mol. The molecular weight excluding hydrogens is 214 g/mol. The predicted molar refractivity (Wildman–Crippen MR) is 57.2 cm³/mol. The second-order valence-corrected chi connectivity index (χ2v) is 4.19. The molecule has 0 radical (unpaired) electrons. The first kappa shape index (κ1) is 10.2. The van der Waals surface area contributed by atoms with Crippen LogP contribution in [0.3, 0.4) is 0 Å². The van der Waals surface area contributed by atoms with Crippen LogP contribution in [0.2, 0.25) is 0 Å². The van der Waals surface area contributed by atoms with E-state index in [0.29, 0.717) is 13.1 Å². The van der Waals surface area contributed by atoms with Gasteiger partial charge in [0.05, 0.1) is 5.92 Å². The van der Waals surface area contributed by atoms with Crippen molar-refractivity contribution in [3.05, 3.63) is 12.4 Å². The van der Waals surface area contributed by atoms with Gasteiger partial charge in [0.15, 0.2) is 0 Å². The first-order valence-corrected chi connectivity index (χ1v) is 5.77. The van der Waals surface area contributed by atoms with Crippen molar-refractivity contribution in [2.75, 3.05) is 24.2 Å². The average molecular weight is 225 g/mol. The van der Waals surface area contributed by atoms with Crippen LogP contribution < -0.4 is 4.90 Å². The Morgan fingerprint density at radius 1 is 1.60 bits per heavy atom. The Labute approximate surface area is 91.5 Å². The number of anilines is 1. The van der Waals surface area contributed by atoms with E-state index in [1.54, 1.807) is 11.8 Å². The Morgan fingerprint density at radius 3 is 2.93 bits per heavy atom. The lowest BCUT2D eigenvalue weighted by Crippen LogP contribution is -2.50. The Balaban J connectivity index is 2.03. The molecule has 1 aromatic rings. The minimum Gasteiger partial charge on any atom is -0.481 e. The van der Waals surface area contributed by atoms with Gasteiger partial charge in [-0.3, -0.25) is 4.79 Å². The van der Waals surface area contributed by atoms with E-state index in [4.69, 9.17) is 5.11 Å². The van der Waals surface area contributed by atoms with Crippen molar-refractivity contribution >= 4 is 23.5 Å². The highest BCUT2D eigenvalue weighted by Gasteiger charge is 2.33. The van der Waals surface area contributed by atoms with Crippen LogP contribution in [0.4, 0.5) is 5.82 Å². The highest BCUT2D eigenvalue weighted by molar-refractivity contribution is 7.98. The highest BCUT2D eigenvalue weighted by Crippen LogP contribution is 2.24. The van der Waals surface area contributed by atoms with Crippen LogP contribution in [0.5, 0.6) is 0 Å². The van der Waals surface area contributed by atoms with E-state index in [1.807, 2.05) is 17.2 Å². The topological polar surface area (TPSA) is 66.3 Å². The number of aromatic nitrogens is 2. The summed E-state index contributed by atoms with van der Waals surface area (Å²) in [4.78, 5) is 20.7. The fourth-order valence-electron chi connectivity index (χ4n) is 1.44. The minimum atomic E-state index is -0.731. The van der Waals surface area contributed by atoms with Crippen LogP contribution in [0.1, 0.15) is 0 Å². The van der Waals surface area contributed by atoms with Gasteiger partial charge in [0.1, 0.15) is 17.2 Å². The van der Waals surface area contributed by atoms with Gasteiger partial charge < -0.3 is 10.0 Å². The van der Waals surface area contributed by atoms with Crippen LogP contribution in [-0.2, 0) is 4.79 Å². The quantitative estimate of drug-likeness (QED) is 0.604. The van der Waals surface area contributed by atoms with E-state index in [1.165, 1.54) is 6.33 Å². The van der Waals surface area contributed by atoms with Gasteiger partial charge in [0.25, 0.3) is 0 Å². The largest absolute Gasteiger partial charge is 0.481 e. The van der Waals surface area contributed by atoms with Gasteiger partial charge >= 0.3 is 5.97 Å². The van der Waals surface area contributed by atoms with Crippen LogP contribution in [0.15, 0.2) is 17.4 Å². The number of carbonyl (C=O) groups is 1. The lowest BCUT2D eigenvalue weighted by atomic mass is 10.0. The van der Waals surface area contributed by atoms with Gasteiger partial charge in [0.2, 0.25) is 0 Å². The SMILES string of the molecule is CSc1cc(N2CC(C(=O)O)C2)ncn1. The lowest BCUT2D eigenvalue weighted by molar-refractivity contribution is -0.142. The number of hydrogen-bond donors (Lipinski definition) is 1. The molecule has 0 amide bonds. The molecule has 5 nitrogen and oxygen atoms in total. The van der Waals surface area contributed by atoms with E-state index in [0.717, 1.165) is 10.8 Å². The van der Waals surface area contributed by atoms with Crippen LogP contribution in [0.25, 0.3) is 0 Å². The van der Waals surface area contributed by atoms with Crippen molar-refractivity contribution in [1.29, 1.82) is 0 Å². The molecule has 1 aromatic heterocycles. The second kappa shape index (κ2) is 4.06. The second-order valence-electron chi connectivity index (χ2n) is 3.36. The number of nitrogens with zero attached hydrogens (tertiary/aromatic N) is 3. The van der Waals surface area contributed by atoms with E-state index >= 15 is 0 Å². The first-order chi connectivity index (χ1) is 7.20. The number of carboxylic acid groups (broad SMARTS) is 1. The maximum atomic E-state index is 10.6. The third-order valence-corrected chi connectivity index (χ3v) is 3.03. The third-order valence-electron chi connectivity index (χ3n) is 2.39. The molecule has 1 fully saturated rings. The molecule has 2 rings (SSSR count). The zero-order valence-corrected chi connectivity index (χ0v) is 9.07. The summed E-state index contributed by atoms with van der Waals surface area (Å²) in [6, 6.07) is 1.88. The molecular formula is C9H11N3O2S. The zero-order valence-electron chi connectivity index (χ0n) is 8.25. The molecule has 1 aliphatic rings. The molecule has 6 heteroatoms. The highest BCUT2D eigenvalue weighted by atomic mass is 32.2. The summed E-state index contributed by atoms with van der Waals surface area (Å²) in [5.41, 5.74) is 0. The molecule has 0 aromatic carbocycles. The van der Waals surface area contributed by atoms with Gasteiger partial charge in [-0.1, -0.05) is 0 Å². The summed E-state index contributed by atoms with van der Waals surface area (Å²) < 4.78 is 0. The van der Waals surface area contributed by atoms with Crippen molar-refractivity contribution in [2.45, 2.75) is 5.03 Å². The molecule has 1 saturated heterocycles. The normalized spacial score (nSPS) is 16.2. The molecule has 0 unspecified atom stereocenters. The maximum absolute atomic E-state index is 10.6. The average Bonchev–Trinajstić information content (AvgIpc) is 2.15. The molecule has 0 atom stereocenters. The van der Waals surface area contributed by atoms with Gasteiger partial charge in [-0.25, -0.2) is 9.97 Å². The van der Waals surface area contributed by atoms with Gasteiger partial charge in [-0.15, -0.1) is 11.8 Å². The molecule has 1 N–H and O–H groups in total. The fourth-order valence-corrected chi connectivity index (χ4v) is 1.81. The summed E-state index contributed by atoms with van der Waals surface area (Å²) in [6.45, 7) is 1.08. The number of thioether (sulfide) groups is 1. The minimum absolute atomic E-state index is 0.252. The lowest BCUT2D eigenvalue weighted by Gasteiger charge is -2.37. The number of rotatable bonds is 3. The number of hydrogen-bond acceptors (Lipinski definition) is 5. The van der Waals surface area contributed by atoms with Crippen LogP contribution >= 0.6 is 11.8 Å². The summed E-state index contributed by atoms with van der Waals surface area (Å²) in [6.07, 6.45) is 3.46. The van der Waals surface area contributed by atoms with E-state index in [9.17, 15) is 4.79 Å². The smallest absolute Gasteiger partial charge is 0.310 e. The Hall–Kier alpha value is -1.30. The molecule has 15 heavy (non-hydrogen) atoms. The van der Waals surface area contributed by atoms with Crippen LogP contribution in [-0.4, -0.2) is 40.4 Å². The third kappa shape index (κ3) is 2.04. The van der Waals surface area contributed by atoms with Crippen molar-refractivity contribution < 1.29 is 9.90 Å². The van der Waals surface area contributed by atoms with E-state index in [-0.39, 0.29) is 5.92 Å². The van der Waals surface area contributed by atoms with Crippen molar-refractivity contribution in [3.63, 3.8) is 0 Å². The summed E-state index contributed by atoms with van der Waals surface area (Å²) >= 11 is 1.55. The summed E-state index contributed by atoms with van der Waals surface area (Å²) in [5, 5.41) is 9.64. The summed E-state index contributed by atoms with van der Waals surface area (Å²) in [7, 11) is 0. The Kier molecular flexibility index (Phi) is 2.77. The Bertz CT molecular complexity index is 379. The van der Waals surface area contributed by atoms with Gasteiger partial charge in [-0.2, -0.15) is 0 Å². The molecule has 1 aliphatic heterocycles. The van der Waals surface area contributed by atoms with Crippen molar-refractivity contribution in [3.8, 4) is 0 Å². The molecule has 2 heterocycles. The van der Waals surface area contributed by atoms with Gasteiger partial charge in [0, 0.05) is 19.2 Å². The van der Waals surface area contributed by atoms with Gasteiger partial charge in [-0.05, 0) is 6.26 Å².